The molecule has 0 radical (unpaired) electrons. The lowest BCUT2D eigenvalue weighted by Gasteiger charge is -2.38. The van der Waals surface area contributed by atoms with E-state index >= 15 is 0 Å². The average molecular weight is 283 g/mol. The maximum atomic E-state index is 5.78. The number of hydrogen-bond donors (Lipinski definition) is 0. The Labute approximate surface area is 106 Å². The zero-order valence-corrected chi connectivity index (χ0v) is 13.8. The zero-order valence-electron chi connectivity index (χ0n) is 10.4. The molecule has 0 aliphatic rings. The summed E-state index contributed by atoms with van der Waals surface area (Å²) in [5, 5.41) is 0. The average Bonchev–Trinajstić information content (AvgIpc) is 2.02. The molecule has 0 fully saturated rings. The van der Waals surface area contributed by atoms with E-state index in [2.05, 4.69) is 52.7 Å². The van der Waals surface area contributed by atoms with Crippen molar-refractivity contribution in [2.45, 2.75) is 58.2 Å². The minimum Gasteiger partial charge on any atom is -0.123 e. The maximum absolute atomic E-state index is 5.78. The van der Waals surface area contributed by atoms with Crippen LogP contribution in [0.4, 0.5) is 0 Å². The standard InChI is InChI=1S/C11H21Cl2PSi/c1-9(2)15(10(3)4,11(5)6)8-7-14(12)13/h9-11H,1-6H3. The molecule has 0 nitrogen and oxygen atoms in total. The fourth-order valence-electron chi connectivity index (χ4n) is 2.57. The second kappa shape index (κ2) is 6.50. The first-order valence-corrected chi connectivity index (χ1v) is 10.8. The Bertz CT molecular complexity index is 229. The molecule has 0 bridgehead atoms. The summed E-state index contributed by atoms with van der Waals surface area (Å²) < 4.78 is 0. The van der Waals surface area contributed by atoms with Gasteiger partial charge in [0, 0.05) is 0 Å². The van der Waals surface area contributed by atoms with E-state index in [4.69, 9.17) is 22.5 Å². The van der Waals surface area contributed by atoms with Crippen molar-refractivity contribution in [1.29, 1.82) is 0 Å². The Morgan fingerprint density at radius 2 is 1.20 bits per heavy atom. The predicted molar refractivity (Wildman–Crippen MR) is 77.5 cm³/mol. The van der Waals surface area contributed by atoms with Gasteiger partial charge in [-0.2, -0.15) is 0 Å². The Morgan fingerprint density at radius 1 is 0.867 bits per heavy atom. The van der Waals surface area contributed by atoms with Gasteiger partial charge in [0.1, 0.15) is 8.07 Å². The molecule has 0 rings (SSSR count). The smallest absolute Gasteiger partial charge is 0.123 e. The summed E-state index contributed by atoms with van der Waals surface area (Å²) >= 11 is 11.6. The van der Waals surface area contributed by atoms with Crippen LogP contribution in [0, 0.1) is 11.2 Å². The minimum atomic E-state index is -1.60. The van der Waals surface area contributed by atoms with Gasteiger partial charge in [0.25, 0.3) is 0 Å². The lowest BCUT2D eigenvalue weighted by Crippen LogP contribution is -2.43. The molecule has 0 aromatic rings. The molecule has 0 aliphatic carbocycles. The molecule has 0 amide bonds. The highest BCUT2D eigenvalue weighted by molar-refractivity contribution is 8.07. The van der Waals surface area contributed by atoms with Gasteiger partial charge in [-0.15, -0.1) is 5.54 Å². The van der Waals surface area contributed by atoms with E-state index in [1.807, 2.05) is 0 Å². The zero-order chi connectivity index (χ0) is 12.2. The van der Waals surface area contributed by atoms with Crippen LogP contribution in [0.25, 0.3) is 0 Å². The third kappa shape index (κ3) is 3.94. The van der Waals surface area contributed by atoms with Gasteiger partial charge in [-0.05, 0) is 16.6 Å². The van der Waals surface area contributed by atoms with Gasteiger partial charge >= 0.3 is 0 Å². The molecule has 0 saturated carbocycles. The van der Waals surface area contributed by atoms with E-state index < -0.39 is 14.7 Å². The van der Waals surface area contributed by atoms with E-state index in [0.717, 1.165) is 0 Å². The van der Waals surface area contributed by atoms with Crippen LogP contribution in [-0.4, -0.2) is 8.07 Å². The summed E-state index contributed by atoms with van der Waals surface area (Å²) in [5.41, 5.74) is 8.46. The van der Waals surface area contributed by atoms with Crippen molar-refractivity contribution in [3.8, 4) is 11.2 Å². The summed E-state index contributed by atoms with van der Waals surface area (Å²) in [6.07, 6.45) is 0. The molecule has 88 valence electrons. The molecule has 0 aromatic heterocycles. The van der Waals surface area contributed by atoms with Crippen LogP contribution in [0.5, 0.6) is 0 Å². The first-order valence-electron chi connectivity index (χ1n) is 5.39. The lowest BCUT2D eigenvalue weighted by molar-refractivity contribution is 0.838. The highest BCUT2D eigenvalue weighted by Crippen LogP contribution is 2.47. The third-order valence-corrected chi connectivity index (χ3v) is 10.5. The Kier molecular flexibility index (Phi) is 6.85. The molecular weight excluding hydrogens is 262 g/mol. The van der Waals surface area contributed by atoms with Gasteiger partial charge in [0.2, 0.25) is 0 Å². The van der Waals surface area contributed by atoms with Crippen molar-refractivity contribution < 1.29 is 0 Å². The molecule has 0 unspecified atom stereocenters. The number of rotatable bonds is 3. The topological polar surface area (TPSA) is 0 Å². The molecule has 0 N–H and O–H groups in total. The van der Waals surface area contributed by atoms with Crippen LogP contribution >= 0.6 is 29.1 Å². The number of halogens is 2. The molecule has 0 atom stereocenters. The van der Waals surface area contributed by atoms with Gasteiger partial charge in [-0.1, -0.05) is 69.7 Å². The third-order valence-electron chi connectivity index (χ3n) is 3.22. The van der Waals surface area contributed by atoms with Gasteiger partial charge in [0.05, 0.1) is 0 Å². The molecule has 0 aliphatic heterocycles. The van der Waals surface area contributed by atoms with Gasteiger partial charge in [0.15, 0.2) is 6.63 Å². The van der Waals surface area contributed by atoms with E-state index in [0.29, 0.717) is 16.6 Å². The van der Waals surface area contributed by atoms with Crippen molar-refractivity contribution in [2.24, 2.45) is 0 Å². The lowest BCUT2D eigenvalue weighted by atomic mass is 10.5. The Balaban J connectivity index is 5.27. The summed E-state index contributed by atoms with van der Waals surface area (Å²) in [7, 11) is -1.60. The van der Waals surface area contributed by atoms with Crippen molar-refractivity contribution >= 4 is 37.2 Å². The second-order valence-corrected chi connectivity index (χ2v) is 13.7. The highest BCUT2D eigenvalue weighted by atomic mass is 35.9. The molecule has 4 heteroatoms. The van der Waals surface area contributed by atoms with E-state index in [9.17, 15) is 0 Å². The molecular formula is C11H21Cl2PSi. The first-order chi connectivity index (χ1) is 6.75. The van der Waals surface area contributed by atoms with Crippen molar-refractivity contribution in [3.63, 3.8) is 0 Å². The van der Waals surface area contributed by atoms with E-state index in [1.54, 1.807) is 0 Å². The van der Waals surface area contributed by atoms with Gasteiger partial charge < -0.3 is 0 Å². The summed E-state index contributed by atoms with van der Waals surface area (Å²) in [6.45, 7) is 12.6. The first kappa shape index (κ1) is 15.8. The van der Waals surface area contributed by atoms with Crippen LogP contribution in [-0.2, 0) is 0 Å². The summed E-state index contributed by atoms with van der Waals surface area (Å²) in [5.74, 6) is 0. The Morgan fingerprint density at radius 3 is 1.40 bits per heavy atom. The van der Waals surface area contributed by atoms with Crippen LogP contribution in [0.15, 0.2) is 0 Å². The Hall–Kier alpha value is 0.787. The highest BCUT2D eigenvalue weighted by Gasteiger charge is 2.41. The predicted octanol–water partition coefficient (Wildman–Crippen LogP) is 5.95. The van der Waals surface area contributed by atoms with Crippen LogP contribution in [0.1, 0.15) is 41.5 Å². The molecule has 15 heavy (non-hydrogen) atoms. The maximum Gasteiger partial charge on any atom is 0.161 e. The van der Waals surface area contributed by atoms with Gasteiger partial charge in [-0.3, -0.25) is 0 Å². The fourth-order valence-corrected chi connectivity index (χ4v) is 9.31. The van der Waals surface area contributed by atoms with E-state index in [1.165, 1.54) is 0 Å². The quantitative estimate of drug-likeness (QED) is 0.341. The van der Waals surface area contributed by atoms with Crippen LogP contribution < -0.4 is 0 Å². The fraction of sp³-hybridized carbons (Fsp3) is 0.818. The largest absolute Gasteiger partial charge is 0.161 e. The van der Waals surface area contributed by atoms with Crippen LogP contribution in [0.3, 0.4) is 0 Å². The summed E-state index contributed by atoms with van der Waals surface area (Å²) in [6, 6.07) is 0. The molecule has 0 heterocycles. The van der Waals surface area contributed by atoms with Crippen molar-refractivity contribution in [2.75, 3.05) is 0 Å². The summed E-state index contributed by atoms with van der Waals surface area (Å²) in [4.78, 5) is 0. The molecule has 0 saturated heterocycles. The SMILES string of the molecule is CC(C)[Si](C#CP(Cl)Cl)(C(C)C)C(C)C. The normalized spacial score (nSPS) is 12.5. The van der Waals surface area contributed by atoms with Crippen LogP contribution in [0.2, 0.25) is 16.6 Å². The number of hydrogen-bond acceptors (Lipinski definition) is 0. The second-order valence-electron chi connectivity index (χ2n) is 4.87. The van der Waals surface area contributed by atoms with Gasteiger partial charge in [-0.25, -0.2) is 0 Å². The van der Waals surface area contributed by atoms with Crippen molar-refractivity contribution in [3.05, 3.63) is 0 Å². The van der Waals surface area contributed by atoms with E-state index in [-0.39, 0.29) is 0 Å². The van der Waals surface area contributed by atoms with Crippen molar-refractivity contribution in [1.82, 2.24) is 0 Å². The molecule has 0 spiro atoms. The minimum absolute atomic E-state index is 0.647. The molecule has 0 aromatic carbocycles. The monoisotopic (exact) mass is 282 g/mol.